The zero-order chi connectivity index (χ0) is 11.8. The molecule has 0 aliphatic heterocycles. The molecule has 0 bridgehead atoms. The first kappa shape index (κ1) is 14.0. The van der Waals surface area contributed by atoms with Gasteiger partial charge in [-0.2, -0.15) is 0 Å². The third-order valence-electron chi connectivity index (χ3n) is 4.24. The number of rotatable bonds is 6. The van der Waals surface area contributed by atoms with Gasteiger partial charge < -0.3 is 5.11 Å². The second kappa shape index (κ2) is 8.11. The molecule has 0 amide bonds. The maximum atomic E-state index is 10.2. The first-order chi connectivity index (χ1) is 7.79. The molecule has 0 aromatic carbocycles. The van der Waals surface area contributed by atoms with Crippen LogP contribution in [0.2, 0.25) is 0 Å². The summed E-state index contributed by atoms with van der Waals surface area (Å²) in [5.74, 6) is 1.41. The van der Waals surface area contributed by atoms with Gasteiger partial charge in [0.1, 0.15) is 0 Å². The normalized spacial score (nSPS) is 31.3. The van der Waals surface area contributed by atoms with Crippen LogP contribution in [0.1, 0.15) is 78.1 Å². The fraction of sp³-hybridized carbons (Fsp3) is 1.00. The van der Waals surface area contributed by atoms with Gasteiger partial charge in [-0.1, -0.05) is 65.2 Å². The van der Waals surface area contributed by atoms with Crippen molar-refractivity contribution < 1.29 is 5.11 Å². The Kier molecular flexibility index (Phi) is 7.11. The molecule has 1 aliphatic carbocycles. The molecule has 0 saturated heterocycles. The van der Waals surface area contributed by atoms with Crippen molar-refractivity contribution >= 4 is 0 Å². The van der Waals surface area contributed by atoms with E-state index in [1.165, 1.54) is 57.8 Å². The van der Waals surface area contributed by atoms with Crippen molar-refractivity contribution in [3.63, 3.8) is 0 Å². The minimum atomic E-state index is -0.00379. The highest BCUT2D eigenvalue weighted by atomic mass is 16.3. The molecule has 1 heteroatoms. The standard InChI is InChI=1S/C15H30O/c1-3-5-9-13-10-7-8-12-15(16)14(13)11-6-4-2/h13-16H,3-12H2,1-2H3. The van der Waals surface area contributed by atoms with Crippen LogP contribution in [-0.2, 0) is 0 Å². The van der Waals surface area contributed by atoms with Crippen molar-refractivity contribution in [2.45, 2.75) is 84.2 Å². The van der Waals surface area contributed by atoms with E-state index in [0.29, 0.717) is 5.92 Å². The first-order valence-corrected chi connectivity index (χ1v) is 7.47. The van der Waals surface area contributed by atoms with Crippen LogP contribution < -0.4 is 0 Å². The van der Waals surface area contributed by atoms with Crippen LogP contribution in [0.5, 0.6) is 0 Å². The molecule has 0 spiro atoms. The number of aliphatic hydroxyl groups is 1. The fourth-order valence-corrected chi connectivity index (χ4v) is 3.19. The summed E-state index contributed by atoms with van der Waals surface area (Å²) < 4.78 is 0. The lowest BCUT2D eigenvalue weighted by Gasteiger charge is -2.28. The van der Waals surface area contributed by atoms with Gasteiger partial charge >= 0.3 is 0 Å². The minimum absolute atomic E-state index is 0.00379. The Hall–Kier alpha value is -0.0400. The zero-order valence-corrected chi connectivity index (χ0v) is 11.3. The van der Waals surface area contributed by atoms with Gasteiger partial charge in [-0.15, -0.1) is 0 Å². The van der Waals surface area contributed by atoms with E-state index >= 15 is 0 Å². The molecule has 3 atom stereocenters. The first-order valence-electron chi connectivity index (χ1n) is 7.47. The summed E-state index contributed by atoms with van der Waals surface area (Å²) >= 11 is 0. The van der Waals surface area contributed by atoms with Crippen molar-refractivity contribution in [3.05, 3.63) is 0 Å². The quantitative estimate of drug-likeness (QED) is 0.660. The Bertz CT molecular complexity index is 167. The van der Waals surface area contributed by atoms with Gasteiger partial charge in [0.25, 0.3) is 0 Å². The molecule has 1 rings (SSSR count). The molecule has 1 saturated carbocycles. The minimum Gasteiger partial charge on any atom is -0.393 e. The fourth-order valence-electron chi connectivity index (χ4n) is 3.19. The summed E-state index contributed by atoms with van der Waals surface area (Å²) in [6, 6.07) is 0. The summed E-state index contributed by atoms with van der Waals surface area (Å²) in [6.07, 6.45) is 12.8. The lowest BCUT2D eigenvalue weighted by Crippen LogP contribution is -2.26. The summed E-state index contributed by atoms with van der Waals surface area (Å²) in [5.41, 5.74) is 0. The molecular formula is C15H30O. The molecule has 0 aromatic heterocycles. The van der Waals surface area contributed by atoms with Crippen LogP contribution in [0.25, 0.3) is 0 Å². The second-order valence-electron chi connectivity index (χ2n) is 5.56. The Labute approximate surface area is 102 Å². The summed E-state index contributed by atoms with van der Waals surface area (Å²) in [6.45, 7) is 4.53. The smallest absolute Gasteiger partial charge is 0.0571 e. The van der Waals surface area contributed by atoms with E-state index in [2.05, 4.69) is 13.8 Å². The summed E-state index contributed by atoms with van der Waals surface area (Å²) in [7, 11) is 0. The van der Waals surface area contributed by atoms with Gasteiger partial charge in [-0.3, -0.25) is 0 Å². The Balaban J connectivity index is 2.50. The molecule has 1 nitrogen and oxygen atoms in total. The highest BCUT2D eigenvalue weighted by molar-refractivity contribution is 4.80. The average molecular weight is 226 g/mol. The van der Waals surface area contributed by atoms with Gasteiger partial charge in [-0.05, 0) is 24.7 Å². The van der Waals surface area contributed by atoms with Crippen molar-refractivity contribution in [1.82, 2.24) is 0 Å². The van der Waals surface area contributed by atoms with Crippen molar-refractivity contribution in [2.75, 3.05) is 0 Å². The van der Waals surface area contributed by atoms with Crippen LogP contribution >= 0.6 is 0 Å². The summed E-state index contributed by atoms with van der Waals surface area (Å²) in [4.78, 5) is 0. The number of aliphatic hydroxyl groups excluding tert-OH is 1. The second-order valence-corrected chi connectivity index (χ2v) is 5.56. The van der Waals surface area contributed by atoms with E-state index in [4.69, 9.17) is 0 Å². The molecule has 1 fully saturated rings. The lowest BCUT2D eigenvalue weighted by atomic mass is 9.80. The molecule has 1 aliphatic rings. The van der Waals surface area contributed by atoms with Crippen LogP contribution in [-0.4, -0.2) is 11.2 Å². The van der Waals surface area contributed by atoms with Crippen LogP contribution in [0, 0.1) is 11.8 Å². The van der Waals surface area contributed by atoms with E-state index in [1.54, 1.807) is 0 Å². The van der Waals surface area contributed by atoms with E-state index in [9.17, 15) is 5.11 Å². The van der Waals surface area contributed by atoms with E-state index < -0.39 is 0 Å². The van der Waals surface area contributed by atoms with Crippen molar-refractivity contribution in [1.29, 1.82) is 0 Å². The molecule has 1 N–H and O–H groups in total. The number of hydrogen-bond donors (Lipinski definition) is 1. The highest BCUT2D eigenvalue weighted by Gasteiger charge is 2.29. The van der Waals surface area contributed by atoms with Crippen molar-refractivity contribution in [2.24, 2.45) is 11.8 Å². The molecule has 16 heavy (non-hydrogen) atoms. The monoisotopic (exact) mass is 226 g/mol. The molecule has 0 radical (unpaired) electrons. The van der Waals surface area contributed by atoms with Crippen LogP contribution in [0.4, 0.5) is 0 Å². The predicted molar refractivity (Wildman–Crippen MR) is 70.5 cm³/mol. The van der Waals surface area contributed by atoms with Crippen molar-refractivity contribution in [3.8, 4) is 0 Å². The van der Waals surface area contributed by atoms with Gasteiger partial charge in [0.2, 0.25) is 0 Å². The average Bonchev–Trinajstić information content (AvgIpc) is 2.46. The number of unbranched alkanes of at least 4 members (excludes halogenated alkanes) is 2. The molecule has 96 valence electrons. The van der Waals surface area contributed by atoms with E-state index in [0.717, 1.165) is 12.3 Å². The maximum absolute atomic E-state index is 10.2. The molecule has 0 heterocycles. The Morgan fingerprint density at radius 1 is 0.938 bits per heavy atom. The van der Waals surface area contributed by atoms with Gasteiger partial charge in [0.05, 0.1) is 6.10 Å². The third kappa shape index (κ3) is 4.45. The van der Waals surface area contributed by atoms with Gasteiger partial charge in [-0.25, -0.2) is 0 Å². The topological polar surface area (TPSA) is 20.2 Å². The summed E-state index contributed by atoms with van der Waals surface area (Å²) in [5, 5.41) is 10.2. The third-order valence-corrected chi connectivity index (χ3v) is 4.24. The van der Waals surface area contributed by atoms with E-state index in [1.807, 2.05) is 0 Å². The SMILES string of the molecule is CCCCC1CCCCC(O)C1CCCC. The predicted octanol–water partition coefficient (Wildman–Crippen LogP) is 4.53. The van der Waals surface area contributed by atoms with Gasteiger partial charge in [0, 0.05) is 0 Å². The molecule has 0 aromatic rings. The Morgan fingerprint density at radius 3 is 2.25 bits per heavy atom. The largest absolute Gasteiger partial charge is 0.393 e. The van der Waals surface area contributed by atoms with Crippen LogP contribution in [0.3, 0.4) is 0 Å². The van der Waals surface area contributed by atoms with Gasteiger partial charge in [0.15, 0.2) is 0 Å². The Morgan fingerprint density at radius 2 is 1.56 bits per heavy atom. The molecular weight excluding hydrogens is 196 g/mol. The lowest BCUT2D eigenvalue weighted by molar-refractivity contribution is 0.0630. The number of hydrogen-bond acceptors (Lipinski definition) is 1. The zero-order valence-electron chi connectivity index (χ0n) is 11.3. The van der Waals surface area contributed by atoms with Crippen LogP contribution in [0.15, 0.2) is 0 Å². The van der Waals surface area contributed by atoms with E-state index in [-0.39, 0.29) is 6.10 Å². The maximum Gasteiger partial charge on any atom is 0.0571 e. The highest BCUT2D eigenvalue weighted by Crippen LogP contribution is 2.35. The molecule has 3 unspecified atom stereocenters.